The third-order valence-electron chi connectivity index (χ3n) is 10.1. The predicted octanol–water partition coefficient (Wildman–Crippen LogP) is 12.8. The van der Waals surface area contributed by atoms with Crippen LogP contribution in [0, 0.1) is 0 Å². The van der Waals surface area contributed by atoms with E-state index in [1.165, 1.54) is 43.1 Å². The molecule has 0 atom stereocenters. The Hall–Kier alpha value is -6.97. The number of benzene rings is 9. The summed E-state index contributed by atoms with van der Waals surface area (Å²) in [4.78, 5) is 15.2. The van der Waals surface area contributed by atoms with Crippen LogP contribution in [-0.2, 0) is 0 Å². The molecule has 1 aromatic heterocycles. The van der Waals surface area contributed by atoms with Gasteiger partial charge in [0.1, 0.15) is 0 Å². The summed E-state index contributed by atoms with van der Waals surface area (Å²) in [6, 6.07) is 66.5. The fourth-order valence-electron chi connectivity index (χ4n) is 7.58. The molecule has 52 heavy (non-hydrogen) atoms. The third-order valence-corrected chi connectivity index (χ3v) is 10.1. The van der Waals surface area contributed by atoms with Crippen molar-refractivity contribution in [2.75, 3.05) is 0 Å². The molecule has 9 aromatic carbocycles. The van der Waals surface area contributed by atoms with Crippen molar-refractivity contribution in [3.63, 3.8) is 0 Å². The second-order valence-corrected chi connectivity index (χ2v) is 13.2. The van der Waals surface area contributed by atoms with Gasteiger partial charge in [-0.1, -0.05) is 170 Å². The number of hydrogen-bond donors (Lipinski definition) is 0. The SMILES string of the molecule is c1ccc(-c2cc(-c3nc(-c4ccccc4)nc(-c4ccccc4)n3)cc(-c3cccc4c3ccc3ccc5c6ccccc6ccc5c34)c2)cc1. The van der Waals surface area contributed by atoms with Crippen molar-refractivity contribution in [1.82, 2.24) is 15.0 Å². The molecule has 0 amide bonds. The molecule has 0 unspecified atom stereocenters. The molecule has 0 saturated carbocycles. The summed E-state index contributed by atoms with van der Waals surface area (Å²) in [6.07, 6.45) is 0. The maximum atomic E-state index is 5.11. The zero-order valence-electron chi connectivity index (χ0n) is 28.2. The lowest BCUT2D eigenvalue weighted by atomic mass is 9.89. The summed E-state index contributed by atoms with van der Waals surface area (Å²) in [7, 11) is 0. The van der Waals surface area contributed by atoms with Crippen molar-refractivity contribution >= 4 is 43.1 Å². The van der Waals surface area contributed by atoms with Gasteiger partial charge in [0.2, 0.25) is 0 Å². The predicted molar refractivity (Wildman–Crippen MR) is 217 cm³/mol. The van der Waals surface area contributed by atoms with Crippen LogP contribution in [-0.4, -0.2) is 15.0 Å². The molecule has 0 radical (unpaired) electrons. The summed E-state index contributed by atoms with van der Waals surface area (Å²) in [6.45, 7) is 0. The van der Waals surface area contributed by atoms with Gasteiger partial charge in [0.15, 0.2) is 17.5 Å². The quantitative estimate of drug-likeness (QED) is 0.172. The highest BCUT2D eigenvalue weighted by molar-refractivity contribution is 6.25. The van der Waals surface area contributed by atoms with Crippen molar-refractivity contribution in [2.24, 2.45) is 0 Å². The zero-order chi connectivity index (χ0) is 34.4. The molecular weight excluding hydrogens is 631 g/mol. The van der Waals surface area contributed by atoms with Crippen LogP contribution in [0.4, 0.5) is 0 Å². The summed E-state index contributed by atoms with van der Waals surface area (Å²) < 4.78 is 0. The van der Waals surface area contributed by atoms with E-state index in [9.17, 15) is 0 Å². The normalized spacial score (nSPS) is 11.5. The average Bonchev–Trinajstić information content (AvgIpc) is 3.23. The van der Waals surface area contributed by atoms with Crippen LogP contribution < -0.4 is 0 Å². The van der Waals surface area contributed by atoms with E-state index in [4.69, 9.17) is 15.0 Å². The number of rotatable bonds is 5. The van der Waals surface area contributed by atoms with Crippen molar-refractivity contribution < 1.29 is 0 Å². The first-order valence-electron chi connectivity index (χ1n) is 17.6. The highest BCUT2D eigenvalue weighted by Crippen LogP contribution is 2.40. The molecular formula is C49H31N3. The van der Waals surface area contributed by atoms with E-state index in [-0.39, 0.29) is 0 Å². The fourth-order valence-corrected chi connectivity index (χ4v) is 7.58. The maximum absolute atomic E-state index is 5.11. The van der Waals surface area contributed by atoms with E-state index in [1.54, 1.807) is 0 Å². The van der Waals surface area contributed by atoms with Crippen LogP contribution in [0.25, 0.3) is 99.5 Å². The summed E-state index contributed by atoms with van der Waals surface area (Å²) in [5, 5.41) is 10.0. The first-order chi connectivity index (χ1) is 25.8. The average molecular weight is 662 g/mol. The Kier molecular flexibility index (Phi) is 7.14. The van der Waals surface area contributed by atoms with Gasteiger partial charge in [-0.3, -0.25) is 0 Å². The number of hydrogen-bond acceptors (Lipinski definition) is 3. The van der Waals surface area contributed by atoms with Crippen LogP contribution in [0.5, 0.6) is 0 Å². The summed E-state index contributed by atoms with van der Waals surface area (Å²) >= 11 is 0. The lowest BCUT2D eigenvalue weighted by Gasteiger charge is -2.15. The maximum Gasteiger partial charge on any atom is 0.164 e. The number of nitrogens with zero attached hydrogens (tertiary/aromatic N) is 3. The van der Waals surface area contributed by atoms with Crippen LogP contribution in [0.2, 0.25) is 0 Å². The molecule has 0 N–H and O–H groups in total. The topological polar surface area (TPSA) is 38.7 Å². The van der Waals surface area contributed by atoms with Gasteiger partial charge < -0.3 is 0 Å². The highest BCUT2D eigenvalue weighted by atomic mass is 15.0. The van der Waals surface area contributed by atoms with Gasteiger partial charge in [-0.2, -0.15) is 0 Å². The summed E-state index contributed by atoms with van der Waals surface area (Å²) in [5.41, 5.74) is 7.34. The minimum atomic E-state index is 0.635. The van der Waals surface area contributed by atoms with E-state index in [0.29, 0.717) is 17.5 Å². The third kappa shape index (κ3) is 5.19. The van der Waals surface area contributed by atoms with Crippen LogP contribution in [0.15, 0.2) is 188 Å². The molecule has 3 nitrogen and oxygen atoms in total. The van der Waals surface area contributed by atoms with Gasteiger partial charge in [0, 0.05) is 16.7 Å². The van der Waals surface area contributed by atoms with E-state index < -0.39 is 0 Å². The molecule has 3 heteroatoms. The van der Waals surface area contributed by atoms with E-state index in [1.807, 2.05) is 60.7 Å². The molecule has 10 rings (SSSR count). The van der Waals surface area contributed by atoms with Crippen molar-refractivity contribution in [3.8, 4) is 56.4 Å². The van der Waals surface area contributed by atoms with Gasteiger partial charge in [0.05, 0.1) is 0 Å². The molecule has 10 aromatic rings. The second kappa shape index (κ2) is 12.4. The van der Waals surface area contributed by atoms with E-state index >= 15 is 0 Å². The smallest absolute Gasteiger partial charge is 0.164 e. The Bertz CT molecular complexity index is 2880. The Labute approximate surface area is 301 Å². The van der Waals surface area contributed by atoms with Crippen LogP contribution in [0.3, 0.4) is 0 Å². The lowest BCUT2D eigenvalue weighted by Crippen LogP contribution is -2.00. The first kappa shape index (κ1) is 29.9. The molecule has 0 bridgehead atoms. The number of fused-ring (bicyclic) bond motifs is 7. The van der Waals surface area contributed by atoms with E-state index in [0.717, 1.165) is 38.9 Å². The van der Waals surface area contributed by atoms with Crippen LogP contribution >= 0.6 is 0 Å². The molecule has 1 heterocycles. The Morgan fingerprint density at radius 3 is 1.42 bits per heavy atom. The fraction of sp³-hybridized carbons (Fsp3) is 0. The highest BCUT2D eigenvalue weighted by Gasteiger charge is 2.17. The van der Waals surface area contributed by atoms with Gasteiger partial charge in [0.25, 0.3) is 0 Å². The molecule has 0 saturated heterocycles. The minimum Gasteiger partial charge on any atom is -0.208 e. The minimum absolute atomic E-state index is 0.635. The molecule has 0 aliphatic rings. The monoisotopic (exact) mass is 661 g/mol. The van der Waals surface area contributed by atoms with Crippen molar-refractivity contribution in [3.05, 3.63) is 188 Å². The molecule has 0 aliphatic carbocycles. The first-order valence-corrected chi connectivity index (χ1v) is 17.6. The largest absolute Gasteiger partial charge is 0.208 e. The van der Waals surface area contributed by atoms with Gasteiger partial charge in [-0.25, -0.2) is 15.0 Å². The molecule has 0 aliphatic heterocycles. The van der Waals surface area contributed by atoms with Gasteiger partial charge in [-0.05, 0) is 83.5 Å². The lowest BCUT2D eigenvalue weighted by molar-refractivity contribution is 1.07. The van der Waals surface area contributed by atoms with Gasteiger partial charge in [-0.15, -0.1) is 0 Å². The molecule has 0 spiro atoms. The Balaban J connectivity index is 1.23. The second-order valence-electron chi connectivity index (χ2n) is 13.2. The Morgan fingerprint density at radius 1 is 0.250 bits per heavy atom. The standard InChI is InChI=1S/C49H31N3/c1-4-13-32(14-5-1)37-29-38(31-39(30-37)49-51-47(35-16-6-2-7-17-35)50-48(52-49)36-18-8-3-9-19-36)41-21-12-22-44-43(41)27-25-34-24-26-42-40-20-11-10-15-33(40)23-28-45(42)46(34)44/h1-31H. The van der Waals surface area contributed by atoms with E-state index in [2.05, 4.69) is 127 Å². The molecule has 0 fully saturated rings. The number of aromatic nitrogens is 3. The van der Waals surface area contributed by atoms with Crippen LogP contribution in [0.1, 0.15) is 0 Å². The summed E-state index contributed by atoms with van der Waals surface area (Å²) in [5.74, 6) is 1.93. The van der Waals surface area contributed by atoms with Crippen molar-refractivity contribution in [1.29, 1.82) is 0 Å². The zero-order valence-corrected chi connectivity index (χ0v) is 28.2. The van der Waals surface area contributed by atoms with Crippen molar-refractivity contribution in [2.45, 2.75) is 0 Å². The molecule has 242 valence electrons. The Morgan fingerprint density at radius 2 is 0.731 bits per heavy atom. The van der Waals surface area contributed by atoms with Gasteiger partial charge >= 0.3 is 0 Å².